The van der Waals surface area contributed by atoms with Gasteiger partial charge in [0.25, 0.3) is 0 Å². The summed E-state index contributed by atoms with van der Waals surface area (Å²) in [6.07, 6.45) is 2.06. The largest absolute Gasteiger partial charge is 0.358 e. The molecule has 0 fully saturated rings. The zero-order valence-electron chi connectivity index (χ0n) is 17.8. The molecule has 3 aromatic heterocycles. The Balaban J connectivity index is 1.37. The van der Waals surface area contributed by atoms with Crippen molar-refractivity contribution in [3.63, 3.8) is 0 Å². The smallest absolute Gasteiger partial charge is 0.139 e. The number of hydrogen-bond donors (Lipinski definition) is 1. The molecule has 1 unspecified atom stereocenters. The second kappa shape index (κ2) is 7.04. The minimum atomic E-state index is 0.0224. The van der Waals surface area contributed by atoms with E-state index in [9.17, 15) is 0 Å². The lowest BCUT2D eigenvalue weighted by Crippen LogP contribution is -2.19. The van der Waals surface area contributed by atoms with E-state index in [0.717, 1.165) is 39.3 Å². The quantitative estimate of drug-likeness (QED) is 0.335. The first-order valence-corrected chi connectivity index (χ1v) is 11.1. The van der Waals surface area contributed by atoms with Crippen LogP contribution in [0.4, 0.5) is 5.82 Å². The van der Waals surface area contributed by atoms with E-state index >= 15 is 0 Å². The van der Waals surface area contributed by atoms with E-state index in [1.54, 1.807) is 0 Å². The highest BCUT2D eigenvalue weighted by Crippen LogP contribution is 2.43. The molecule has 0 amide bonds. The lowest BCUT2D eigenvalue weighted by molar-refractivity contribution is 0.910. The van der Waals surface area contributed by atoms with Crippen molar-refractivity contribution < 1.29 is 0 Å². The van der Waals surface area contributed by atoms with E-state index in [2.05, 4.69) is 88.7 Å². The van der Waals surface area contributed by atoms with E-state index < -0.39 is 0 Å². The second-order valence-corrected chi connectivity index (χ2v) is 8.42. The van der Waals surface area contributed by atoms with Crippen LogP contribution in [0.5, 0.6) is 0 Å². The van der Waals surface area contributed by atoms with Crippen LogP contribution in [-0.2, 0) is 0 Å². The van der Waals surface area contributed by atoms with E-state index in [1.165, 1.54) is 16.7 Å². The molecule has 1 aliphatic rings. The summed E-state index contributed by atoms with van der Waals surface area (Å²) in [5.74, 6) is 1.03. The molecule has 7 rings (SSSR count). The first-order chi connectivity index (χ1) is 16.3. The van der Waals surface area contributed by atoms with E-state index in [4.69, 9.17) is 9.97 Å². The lowest BCUT2D eigenvalue weighted by Gasteiger charge is -2.28. The van der Waals surface area contributed by atoms with E-state index in [1.807, 2.05) is 30.3 Å². The predicted octanol–water partition coefficient (Wildman–Crippen LogP) is 6.73. The third-order valence-electron chi connectivity index (χ3n) is 6.45. The van der Waals surface area contributed by atoms with Gasteiger partial charge in [-0.2, -0.15) is 0 Å². The number of anilines is 1. The van der Waals surface area contributed by atoms with Gasteiger partial charge in [-0.15, -0.1) is 0 Å². The average Bonchev–Trinajstić information content (AvgIpc) is 3.27. The summed E-state index contributed by atoms with van der Waals surface area (Å²) in [4.78, 5) is 9.82. The van der Waals surface area contributed by atoms with Gasteiger partial charge in [0.1, 0.15) is 17.2 Å². The Morgan fingerprint density at radius 2 is 1.61 bits per heavy atom. The molecule has 6 aromatic rings. The summed E-state index contributed by atoms with van der Waals surface area (Å²) >= 11 is 0. The molecular formula is C29H20N4. The summed E-state index contributed by atoms with van der Waals surface area (Å²) in [5, 5.41) is 4.93. The SMILES string of the molecule is c1cc(-c2ccc3ccccc3n2)cc(C2Nc3c(nc4ccccn34)-c3ccccc32)c1. The maximum atomic E-state index is 4.91. The van der Waals surface area contributed by atoms with Crippen molar-refractivity contribution in [1.29, 1.82) is 0 Å². The summed E-state index contributed by atoms with van der Waals surface area (Å²) in [5.41, 5.74) is 8.66. The summed E-state index contributed by atoms with van der Waals surface area (Å²) in [6, 6.07) is 35.9. The Kier molecular flexibility index (Phi) is 3.87. The highest BCUT2D eigenvalue weighted by Gasteiger charge is 2.29. The molecule has 0 spiro atoms. The zero-order valence-corrected chi connectivity index (χ0v) is 17.8. The predicted molar refractivity (Wildman–Crippen MR) is 133 cm³/mol. The zero-order chi connectivity index (χ0) is 21.8. The maximum Gasteiger partial charge on any atom is 0.139 e. The van der Waals surface area contributed by atoms with Crippen molar-refractivity contribution in [1.82, 2.24) is 14.4 Å². The number of benzene rings is 3. The number of fused-ring (bicyclic) bond motifs is 6. The highest BCUT2D eigenvalue weighted by atomic mass is 15.2. The van der Waals surface area contributed by atoms with Gasteiger partial charge in [-0.3, -0.25) is 4.40 Å². The molecule has 1 aliphatic heterocycles. The number of imidazole rings is 1. The molecule has 33 heavy (non-hydrogen) atoms. The lowest BCUT2D eigenvalue weighted by atomic mass is 9.89. The summed E-state index contributed by atoms with van der Waals surface area (Å²) in [6.45, 7) is 0. The van der Waals surface area contributed by atoms with Crippen molar-refractivity contribution in [2.24, 2.45) is 0 Å². The monoisotopic (exact) mass is 424 g/mol. The topological polar surface area (TPSA) is 42.2 Å². The molecule has 4 nitrogen and oxygen atoms in total. The van der Waals surface area contributed by atoms with Crippen molar-refractivity contribution in [3.05, 3.63) is 120 Å². The van der Waals surface area contributed by atoms with Gasteiger partial charge in [0, 0.05) is 22.7 Å². The van der Waals surface area contributed by atoms with Crippen LogP contribution in [0.15, 0.2) is 109 Å². The normalized spacial score (nSPS) is 14.6. The van der Waals surface area contributed by atoms with Crippen LogP contribution >= 0.6 is 0 Å². The Morgan fingerprint density at radius 1 is 0.727 bits per heavy atom. The van der Waals surface area contributed by atoms with Crippen LogP contribution in [0.1, 0.15) is 17.2 Å². The van der Waals surface area contributed by atoms with Crippen molar-refractivity contribution in [2.45, 2.75) is 6.04 Å². The minimum absolute atomic E-state index is 0.0224. The Hall–Kier alpha value is -4.44. The third-order valence-corrected chi connectivity index (χ3v) is 6.45. The number of aromatic nitrogens is 3. The number of nitrogens with one attached hydrogen (secondary N) is 1. The molecule has 156 valence electrons. The van der Waals surface area contributed by atoms with Gasteiger partial charge in [-0.25, -0.2) is 9.97 Å². The Labute approximate surface area is 191 Å². The molecule has 1 N–H and O–H groups in total. The van der Waals surface area contributed by atoms with Gasteiger partial charge in [0.15, 0.2) is 0 Å². The third kappa shape index (κ3) is 2.84. The van der Waals surface area contributed by atoms with Crippen molar-refractivity contribution in [2.75, 3.05) is 5.32 Å². The fourth-order valence-electron chi connectivity index (χ4n) is 4.87. The Morgan fingerprint density at radius 3 is 2.61 bits per heavy atom. The first kappa shape index (κ1) is 18.2. The molecule has 1 atom stereocenters. The van der Waals surface area contributed by atoms with Crippen LogP contribution in [0.25, 0.3) is 39.1 Å². The number of para-hydroxylation sites is 1. The number of nitrogens with zero attached hydrogens (tertiary/aromatic N) is 3. The van der Waals surface area contributed by atoms with Crippen molar-refractivity contribution in [3.8, 4) is 22.5 Å². The van der Waals surface area contributed by atoms with Gasteiger partial charge >= 0.3 is 0 Å². The molecule has 0 saturated carbocycles. The van der Waals surface area contributed by atoms with Gasteiger partial charge in [-0.05, 0) is 41.5 Å². The molecule has 0 aliphatic carbocycles. The number of hydrogen-bond acceptors (Lipinski definition) is 3. The fraction of sp³-hybridized carbons (Fsp3) is 0.0345. The standard InChI is InChI=1S/C29H20N4/c1-4-13-24-19(8-1)15-16-25(30-24)20-9-7-10-21(18-20)27-22-11-2-3-12-23(22)28-29(32-27)33-17-6-5-14-26(33)31-28/h1-18,27,32H. The molecule has 4 heteroatoms. The van der Waals surface area contributed by atoms with Crippen LogP contribution in [0.2, 0.25) is 0 Å². The molecule has 4 heterocycles. The highest BCUT2D eigenvalue weighted by molar-refractivity contribution is 5.84. The molecule has 0 saturated heterocycles. The van der Waals surface area contributed by atoms with Gasteiger partial charge < -0.3 is 5.32 Å². The van der Waals surface area contributed by atoms with Crippen LogP contribution in [0, 0.1) is 0 Å². The maximum absolute atomic E-state index is 4.91. The molecule has 3 aromatic carbocycles. The molecular weight excluding hydrogens is 404 g/mol. The van der Waals surface area contributed by atoms with E-state index in [0.29, 0.717) is 0 Å². The Bertz CT molecular complexity index is 1660. The minimum Gasteiger partial charge on any atom is -0.358 e. The average molecular weight is 425 g/mol. The van der Waals surface area contributed by atoms with Crippen LogP contribution in [-0.4, -0.2) is 14.4 Å². The van der Waals surface area contributed by atoms with Gasteiger partial charge in [0.05, 0.1) is 17.3 Å². The first-order valence-electron chi connectivity index (χ1n) is 11.1. The number of pyridine rings is 2. The summed E-state index contributed by atoms with van der Waals surface area (Å²) in [7, 11) is 0. The van der Waals surface area contributed by atoms with Gasteiger partial charge in [-0.1, -0.05) is 72.8 Å². The van der Waals surface area contributed by atoms with Crippen molar-refractivity contribution >= 4 is 22.4 Å². The van der Waals surface area contributed by atoms with Crippen LogP contribution in [0.3, 0.4) is 0 Å². The fourth-order valence-corrected chi connectivity index (χ4v) is 4.87. The number of rotatable bonds is 2. The van der Waals surface area contributed by atoms with Gasteiger partial charge in [0.2, 0.25) is 0 Å². The second-order valence-electron chi connectivity index (χ2n) is 8.42. The molecule has 0 bridgehead atoms. The van der Waals surface area contributed by atoms with Crippen LogP contribution < -0.4 is 5.32 Å². The summed E-state index contributed by atoms with van der Waals surface area (Å²) < 4.78 is 2.13. The molecule has 0 radical (unpaired) electrons. The van der Waals surface area contributed by atoms with E-state index in [-0.39, 0.29) is 6.04 Å².